The Morgan fingerprint density at radius 2 is 1.57 bits per heavy atom. The van der Waals surface area contributed by atoms with E-state index >= 15 is 0 Å². The largest absolute Gasteiger partial charge is 0.496 e. The molecule has 5 nitrogen and oxygen atoms in total. The second kappa shape index (κ2) is 9.50. The van der Waals surface area contributed by atoms with Gasteiger partial charge < -0.3 is 19.5 Å². The maximum atomic E-state index is 11.0. The third-order valence-corrected chi connectivity index (χ3v) is 7.29. The molecule has 6 heteroatoms. The number of hydrogen-bond acceptors (Lipinski definition) is 6. The maximum Gasteiger partial charge on any atom is 0.122 e. The van der Waals surface area contributed by atoms with E-state index in [0.717, 1.165) is 55.4 Å². The Morgan fingerprint density at radius 3 is 2.20 bits per heavy atom. The molecule has 0 radical (unpaired) electrons. The van der Waals surface area contributed by atoms with Gasteiger partial charge in [-0.05, 0) is 36.4 Å². The van der Waals surface area contributed by atoms with Gasteiger partial charge in [-0.25, -0.2) is 0 Å². The van der Waals surface area contributed by atoms with Gasteiger partial charge in [0.05, 0.1) is 26.0 Å². The molecule has 0 saturated carbocycles. The van der Waals surface area contributed by atoms with Crippen molar-refractivity contribution in [2.75, 3.05) is 51.1 Å². The molecule has 30 heavy (non-hydrogen) atoms. The van der Waals surface area contributed by atoms with Crippen molar-refractivity contribution in [3.05, 3.63) is 47.5 Å². The Labute approximate surface area is 184 Å². The van der Waals surface area contributed by atoms with Crippen LogP contribution in [0.1, 0.15) is 18.1 Å². The Bertz CT molecular complexity index is 868. The topological polar surface area (TPSA) is 45.2 Å². The molecule has 0 bridgehead atoms. The summed E-state index contributed by atoms with van der Waals surface area (Å²) in [6.45, 7) is 6.06. The Hall–Kier alpha value is -1.89. The van der Waals surface area contributed by atoms with E-state index in [9.17, 15) is 5.11 Å². The SMILES string of the molecule is CCSc1ccccc1N1CCN([C@@H]2Cc3c(OC)ccc(OC)c3C[C@H]2O)CC1. The lowest BCUT2D eigenvalue weighted by Gasteiger charge is -2.44. The highest BCUT2D eigenvalue weighted by Gasteiger charge is 2.36. The standard InChI is InChI=1S/C24H32N2O3S/c1-4-30-24-8-6-5-7-19(24)25-11-13-26(14-12-25)20-15-17-18(16-21(20)27)23(29-3)10-9-22(17)28-2/h5-10,20-21,27H,4,11-16H2,1-3H3/t20-,21-/m1/s1. The van der Waals surface area contributed by atoms with Crippen LogP contribution >= 0.6 is 11.8 Å². The first-order valence-electron chi connectivity index (χ1n) is 10.8. The predicted molar refractivity (Wildman–Crippen MR) is 123 cm³/mol. The van der Waals surface area contributed by atoms with Crippen LogP contribution in [0.15, 0.2) is 41.3 Å². The van der Waals surface area contributed by atoms with Crippen LogP contribution in [0.5, 0.6) is 11.5 Å². The fourth-order valence-electron chi connectivity index (χ4n) is 4.83. The van der Waals surface area contributed by atoms with Crippen LogP contribution in [-0.4, -0.2) is 68.3 Å². The van der Waals surface area contributed by atoms with E-state index in [0.29, 0.717) is 6.42 Å². The van der Waals surface area contributed by atoms with Crippen molar-refractivity contribution < 1.29 is 14.6 Å². The molecule has 0 spiro atoms. The van der Waals surface area contributed by atoms with Crippen molar-refractivity contribution in [3.8, 4) is 11.5 Å². The Balaban J connectivity index is 1.48. The number of ether oxygens (including phenoxy) is 2. The number of aliphatic hydroxyl groups excluding tert-OH is 1. The van der Waals surface area contributed by atoms with Gasteiger partial charge in [0.2, 0.25) is 0 Å². The third kappa shape index (κ3) is 4.13. The number of para-hydroxylation sites is 1. The van der Waals surface area contributed by atoms with Crippen LogP contribution in [0.2, 0.25) is 0 Å². The van der Waals surface area contributed by atoms with Gasteiger partial charge in [0.1, 0.15) is 11.5 Å². The number of nitrogens with zero attached hydrogens (tertiary/aromatic N) is 2. The van der Waals surface area contributed by atoms with E-state index < -0.39 is 6.10 Å². The normalized spacial score (nSPS) is 21.9. The molecule has 1 N–H and O–H groups in total. The number of anilines is 1. The number of hydrogen-bond donors (Lipinski definition) is 1. The summed E-state index contributed by atoms with van der Waals surface area (Å²) in [5.41, 5.74) is 3.61. The molecule has 1 aliphatic heterocycles. The summed E-state index contributed by atoms with van der Waals surface area (Å²) in [5.74, 6) is 2.82. The van der Waals surface area contributed by atoms with Crippen LogP contribution in [-0.2, 0) is 12.8 Å². The summed E-state index contributed by atoms with van der Waals surface area (Å²) in [4.78, 5) is 6.30. The molecule has 2 atom stereocenters. The first-order chi connectivity index (χ1) is 14.7. The van der Waals surface area contributed by atoms with Crippen LogP contribution in [0.25, 0.3) is 0 Å². The molecule has 162 valence electrons. The summed E-state index contributed by atoms with van der Waals surface area (Å²) in [5, 5.41) is 11.0. The zero-order valence-corrected chi connectivity index (χ0v) is 19.0. The van der Waals surface area contributed by atoms with Gasteiger partial charge in [-0.15, -0.1) is 11.8 Å². The molecule has 0 unspecified atom stereocenters. The van der Waals surface area contributed by atoms with Crippen molar-refractivity contribution >= 4 is 17.4 Å². The number of fused-ring (bicyclic) bond motifs is 1. The number of benzene rings is 2. The van der Waals surface area contributed by atoms with E-state index in [1.54, 1.807) is 14.2 Å². The first kappa shape index (κ1) is 21.3. The smallest absolute Gasteiger partial charge is 0.122 e. The molecule has 1 aliphatic carbocycles. The van der Waals surface area contributed by atoms with Crippen molar-refractivity contribution in [3.63, 3.8) is 0 Å². The lowest BCUT2D eigenvalue weighted by Crippen LogP contribution is -2.56. The Morgan fingerprint density at radius 1 is 0.933 bits per heavy atom. The molecule has 2 aliphatic rings. The number of rotatable bonds is 6. The lowest BCUT2D eigenvalue weighted by atomic mass is 9.84. The molecule has 4 rings (SSSR count). The van der Waals surface area contributed by atoms with Crippen LogP contribution in [0.4, 0.5) is 5.69 Å². The van der Waals surface area contributed by atoms with E-state index in [1.165, 1.54) is 16.1 Å². The minimum atomic E-state index is -0.395. The summed E-state index contributed by atoms with van der Waals surface area (Å²) in [6, 6.07) is 12.7. The van der Waals surface area contributed by atoms with Crippen LogP contribution < -0.4 is 14.4 Å². The number of methoxy groups -OCH3 is 2. The molecule has 2 aromatic rings. The average Bonchev–Trinajstić information content (AvgIpc) is 2.78. The molecular weight excluding hydrogens is 396 g/mol. The van der Waals surface area contributed by atoms with Gasteiger partial charge >= 0.3 is 0 Å². The molecule has 0 amide bonds. The molecular formula is C24H32N2O3S. The van der Waals surface area contributed by atoms with Crippen molar-refractivity contribution in [1.82, 2.24) is 4.90 Å². The van der Waals surface area contributed by atoms with E-state index in [4.69, 9.17) is 9.47 Å². The van der Waals surface area contributed by atoms with Gasteiger partial charge in [-0.3, -0.25) is 4.90 Å². The van der Waals surface area contributed by atoms with Crippen molar-refractivity contribution in [2.45, 2.75) is 36.8 Å². The highest BCUT2D eigenvalue weighted by molar-refractivity contribution is 7.99. The van der Waals surface area contributed by atoms with Gasteiger partial charge in [-0.2, -0.15) is 0 Å². The molecule has 1 heterocycles. The van der Waals surface area contributed by atoms with Crippen molar-refractivity contribution in [1.29, 1.82) is 0 Å². The second-order valence-corrected chi connectivity index (χ2v) is 9.20. The minimum absolute atomic E-state index is 0.112. The minimum Gasteiger partial charge on any atom is -0.496 e. The average molecular weight is 429 g/mol. The van der Waals surface area contributed by atoms with Gasteiger partial charge in [0, 0.05) is 54.7 Å². The van der Waals surface area contributed by atoms with Crippen LogP contribution in [0.3, 0.4) is 0 Å². The van der Waals surface area contributed by atoms with Gasteiger partial charge in [0.15, 0.2) is 0 Å². The number of piperazine rings is 1. The van der Waals surface area contributed by atoms with Crippen LogP contribution in [0, 0.1) is 0 Å². The van der Waals surface area contributed by atoms with Gasteiger partial charge in [-0.1, -0.05) is 19.1 Å². The van der Waals surface area contributed by atoms with E-state index in [2.05, 4.69) is 41.0 Å². The quantitative estimate of drug-likeness (QED) is 0.711. The van der Waals surface area contributed by atoms with Gasteiger partial charge in [0.25, 0.3) is 0 Å². The summed E-state index contributed by atoms with van der Waals surface area (Å²) < 4.78 is 11.2. The van der Waals surface area contributed by atoms with Crippen molar-refractivity contribution in [2.24, 2.45) is 0 Å². The molecule has 1 saturated heterocycles. The highest BCUT2D eigenvalue weighted by atomic mass is 32.2. The maximum absolute atomic E-state index is 11.0. The fourth-order valence-corrected chi connectivity index (χ4v) is 5.66. The molecule has 1 fully saturated rings. The Kier molecular flexibility index (Phi) is 6.76. The predicted octanol–water partition coefficient (Wildman–Crippen LogP) is 3.47. The van der Waals surface area contributed by atoms with E-state index in [1.807, 2.05) is 23.9 Å². The summed E-state index contributed by atoms with van der Waals surface area (Å²) in [7, 11) is 3.40. The number of aliphatic hydroxyl groups is 1. The molecule has 2 aromatic carbocycles. The number of thioether (sulfide) groups is 1. The zero-order chi connectivity index (χ0) is 21.1. The molecule has 0 aromatic heterocycles. The third-order valence-electron chi connectivity index (χ3n) is 6.34. The fraction of sp³-hybridized carbons (Fsp3) is 0.500. The first-order valence-corrected chi connectivity index (χ1v) is 11.8. The second-order valence-electron chi connectivity index (χ2n) is 7.89. The summed E-state index contributed by atoms with van der Waals surface area (Å²) in [6.07, 6.45) is 1.00. The highest BCUT2D eigenvalue weighted by Crippen LogP contribution is 2.38. The monoisotopic (exact) mass is 428 g/mol. The van der Waals surface area contributed by atoms with E-state index in [-0.39, 0.29) is 6.04 Å². The lowest BCUT2D eigenvalue weighted by molar-refractivity contribution is 0.0384. The summed E-state index contributed by atoms with van der Waals surface area (Å²) >= 11 is 1.90. The zero-order valence-electron chi connectivity index (χ0n) is 18.1.